The van der Waals surface area contributed by atoms with Crippen molar-refractivity contribution in [2.75, 3.05) is 5.73 Å². The highest BCUT2D eigenvalue weighted by Gasteiger charge is 2.22. The van der Waals surface area contributed by atoms with Gasteiger partial charge in [-0.15, -0.1) is 20.5 Å². The van der Waals surface area contributed by atoms with Crippen LogP contribution in [0, 0.1) is 0 Å². The van der Waals surface area contributed by atoms with E-state index in [9.17, 15) is 33.1 Å². The van der Waals surface area contributed by atoms with Gasteiger partial charge in [-0.05, 0) is 47.9 Å². The molecular formula is C27H19N5O7S. The Morgan fingerprint density at radius 3 is 1.95 bits per heavy atom. The Morgan fingerprint density at radius 2 is 1.32 bits per heavy atom. The summed E-state index contributed by atoms with van der Waals surface area (Å²) in [5.41, 5.74) is 5.94. The molecule has 0 aliphatic carbocycles. The molecule has 0 aromatic heterocycles. The lowest BCUT2D eigenvalue weighted by Crippen LogP contribution is -1.99. The van der Waals surface area contributed by atoms with E-state index in [2.05, 4.69) is 20.5 Å². The molecule has 0 bridgehead atoms. The predicted octanol–water partition coefficient (Wildman–Crippen LogP) is 6.76. The Kier molecular flexibility index (Phi) is 6.59. The first kappa shape index (κ1) is 26.2. The number of phenolic OH excluding ortho intramolecular Hbond substituents is 1. The average Bonchev–Trinajstić information content (AvgIpc) is 2.92. The number of hydrogen-bond acceptors (Lipinski definition) is 10. The lowest BCUT2D eigenvalue weighted by Gasteiger charge is -2.09. The third-order valence-corrected chi connectivity index (χ3v) is 6.87. The highest BCUT2D eigenvalue weighted by Crippen LogP contribution is 2.43. The zero-order valence-electron chi connectivity index (χ0n) is 20.3. The number of para-hydroxylation sites is 1. The quantitative estimate of drug-likeness (QED) is 0.0853. The molecule has 0 amide bonds. The number of nitrogen functional groups attached to an aromatic ring is 1. The van der Waals surface area contributed by atoms with Crippen molar-refractivity contribution in [3.63, 3.8) is 0 Å². The van der Waals surface area contributed by atoms with Crippen LogP contribution in [0.15, 0.2) is 104 Å². The van der Waals surface area contributed by atoms with Gasteiger partial charge < -0.3 is 21.1 Å². The average molecular weight is 558 g/mol. The van der Waals surface area contributed by atoms with Gasteiger partial charge in [0.2, 0.25) is 0 Å². The topological polar surface area (TPSA) is 208 Å². The minimum absolute atomic E-state index is 0.0436. The summed E-state index contributed by atoms with van der Waals surface area (Å²) in [6.07, 6.45) is 0. The first-order chi connectivity index (χ1) is 19.0. The lowest BCUT2D eigenvalue weighted by atomic mass is 10.1. The van der Waals surface area contributed by atoms with E-state index in [1.54, 1.807) is 30.3 Å². The van der Waals surface area contributed by atoms with Crippen LogP contribution < -0.4 is 5.73 Å². The molecule has 12 nitrogen and oxygen atoms in total. The molecule has 5 aromatic carbocycles. The van der Waals surface area contributed by atoms with Crippen molar-refractivity contribution in [3.8, 4) is 11.5 Å². The first-order valence-corrected chi connectivity index (χ1v) is 12.9. The van der Waals surface area contributed by atoms with Gasteiger partial charge in [0, 0.05) is 21.8 Å². The van der Waals surface area contributed by atoms with Crippen LogP contribution in [0.3, 0.4) is 0 Å². The molecule has 40 heavy (non-hydrogen) atoms. The van der Waals surface area contributed by atoms with Crippen LogP contribution in [-0.4, -0.2) is 34.3 Å². The van der Waals surface area contributed by atoms with Crippen molar-refractivity contribution in [2.24, 2.45) is 20.5 Å². The third kappa shape index (κ3) is 4.89. The largest absolute Gasteiger partial charge is 0.505 e. The second-order valence-electron chi connectivity index (χ2n) is 8.56. The predicted molar refractivity (Wildman–Crippen MR) is 147 cm³/mol. The molecule has 0 unspecified atom stereocenters. The summed E-state index contributed by atoms with van der Waals surface area (Å²) in [7, 11) is -4.79. The standard InChI is InChI=1S/C27H19N5O7S/c28-15-9-8-14-12-23(40(37,38)39)24(26(34)19(14)13-15)32-30-21-11-10-20(16-4-1-2-5-17(16)21)29-31-22-7-3-6-18(25(22)33)27(35)36/h1-13,33-34H,28H2,(H,35,36)(H,37,38,39). The Morgan fingerprint density at radius 1 is 0.700 bits per heavy atom. The molecule has 13 heteroatoms. The summed E-state index contributed by atoms with van der Waals surface area (Å²) in [5.74, 6) is -2.37. The van der Waals surface area contributed by atoms with Crippen molar-refractivity contribution in [1.29, 1.82) is 0 Å². The maximum Gasteiger partial charge on any atom is 0.339 e. The molecule has 0 saturated carbocycles. The molecule has 0 aliphatic heterocycles. The van der Waals surface area contributed by atoms with E-state index in [1.807, 2.05) is 0 Å². The minimum atomic E-state index is -4.79. The smallest absolute Gasteiger partial charge is 0.339 e. The number of nitrogens with zero attached hydrogens (tertiary/aromatic N) is 4. The van der Waals surface area contributed by atoms with Gasteiger partial charge in [-0.3, -0.25) is 4.55 Å². The van der Waals surface area contributed by atoms with Gasteiger partial charge in [-0.2, -0.15) is 8.42 Å². The number of carboxylic acid groups (broad SMARTS) is 1. The fourth-order valence-corrected chi connectivity index (χ4v) is 4.75. The number of aromatic hydroxyl groups is 2. The number of benzene rings is 5. The van der Waals surface area contributed by atoms with Crippen molar-refractivity contribution >= 4 is 66.1 Å². The molecule has 0 fully saturated rings. The molecule has 5 rings (SSSR count). The zero-order chi connectivity index (χ0) is 28.6. The van der Waals surface area contributed by atoms with Gasteiger partial charge in [0.25, 0.3) is 10.1 Å². The minimum Gasteiger partial charge on any atom is -0.505 e. The molecule has 0 atom stereocenters. The van der Waals surface area contributed by atoms with E-state index in [0.717, 1.165) is 6.07 Å². The van der Waals surface area contributed by atoms with E-state index < -0.39 is 38.2 Å². The van der Waals surface area contributed by atoms with Gasteiger partial charge in [-0.1, -0.05) is 36.4 Å². The van der Waals surface area contributed by atoms with Crippen LogP contribution in [0.1, 0.15) is 10.4 Å². The van der Waals surface area contributed by atoms with Gasteiger partial charge in [-0.25, -0.2) is 4.79 Å². The van der Waals surface area contributed by atoms with Crippen molar-refractivity contribution < 1.29 is 33.1 Å². The summed E-state index contributed by atoms with van der Waals surface area (Å²) in [5, 5.41) is 48.2. The molecule has 200 valence electrons. The van der Waals surface area contributed by atoms with Crippen LogP contribution in [0.2, 0.25) is 0 Å². The van der Waals surface area contributed by atoms with E-state index in [4.69, 9.17) is 5.73 Å². The Labute approximate surface area is 226 Å². The Balaban J connectivity index is 1.60. The monoisotopic (exact) mass is 557 g/mol. The van der Waals surface area contributed by atoms with Crippen LogP contribution in [-0.2, 0) is 10.1 Å². The number of fused-ring (bicyclic) bond motifs is 2. The van der Waals surface area contributed by atoms with Crippen molar-refractivity contribution in [2.45, 2.75) is 4.90 Å². The van der Waals surface area contributed by atoms with Crippen molar-refractivity contribution in [1.82, 2.24) is 0 Å². The summed E-state index contributed by atoms with van der Waals surface area (Å²) in [6, 6.07) is 19.6. The molecule has 0 spiro atoms. The van der Waals surface area contributed by atoms with E-state index in [0.29, 0.717) is 27.5 Å². The highest BCUT2D eigenvalue weighted by molar-refractivity contribution is 7.86. The summed E-state index contributed by atoms with van der Waals surface area (Å²) >= 11 is 0. The normalized spacial score (nSPS) is 12.1. The number of rotatable bonds is 6. The Bertz CT molecular complexity index is 2010. The molecule has 0 heterocycles. The lowest BCUT2D eigenvalue weighted by molar-refractivity contribution is 0.0693. The van der Waals surface area contributed by atoms with Crippen molar-refractivity contribution in [3.05, 3.63) is 84.4 Å². The number of carbonyl (C=O) groups is 1. The number of nitrogens with two attached hydrogens (primary N) is 1. The number of phenols is 2. The van der Waals surface area contributed by atoms with E-state index in [1.165, 1.54) is 42.5 Å². The van der Waals surface area contributed by atoms with Gasteiger partial charge >= 0.3 is 5.97 Å². The molecular weight excluding hydrogens is 538 g/mol. The number of aromatic carboxylic acids is 1. The zero-order valence-corrected chi connectivity index (χ0v) is 21.1. The van der Waals surface area contributed by atoms with E-state index >= 15 is 0 Å². The molecule has 5 aromatic rings. The van der Waals surface area contributed by atoms with Crippen LogP contribution in [0.25, 0.3) is 21.5 Å². The van der Waals surface area contributed by atoms with Gasteiger partial charge in [0.15, 0.2) is 11.5 Å². The number of hydrogen-bond donors (Lipinski definition) is 5. The van der Waals surface area contributed by atoms with E-state index in [-0.39, 0.29) is 22.3 Å². The van der Waals surface area contributed by atoms with Gasteiger partial charge in [0.05, 0.1) is 11.4 Å². The number of azo groups is 2. The fraction of sp³-hybridized carbons (Fsp3) is 0. The third-order valence-electron chi connectivity index (χ3n) is 6.00. The second kappa shape index (κ2) is 10.1. The van der Waals surface area contributed by atoms with Gasteiger partial charge in [0.1, 0.15) is 21.8 Å². The molecule has 0 radical (unpaired) electrons. The molecule has 0 saturated heterocycles. The maximum atomic E-state index is 12.1. The van der Waals surface area contributed by atoms with Crippen LogP contribution >= 0.6 is 0 Å². The maximum absolute atomic E-state index is 12.1. The SMILES string of the molecule is Nc1ccc2cc(S(=O)(=O)O)c(N=Nc3ccc(N=Nc4cccc(C(=O)O)c4O)c4ccccc34)c(O)c2c1. The Hall–Kier alpha value is -5.40. The summed E-state index contributed by atoms with van der Waals surface area (Å²) in [6.45, 7) is 0. The van der Waals surface area contributed by atoms with Crippen LogP contribution in [0.5, 0.6) is 11.5 Å². The number of anilines is 1. The van der Waals surface area contributed by atoms with Crippen LogP contribution in [0.4, 0.5) is 28.4 Å². The first-order valence-electron chi connectivity index (χ1n) is 11.5. The summed E-state index contributed by atoms with van der Waals surface area (Å²) in [4.78, 5) is 10.6. The molecule has 0 aliphatic rings. The second-order valence-corrected chi connectivity index (χ2v) is 9.95. The number of carboxylic acids is 1. The summed E-state index contributed by atoms with van der Waals surface area (Å²) < 4.78 is 34.0. The fourth-order valence-electron chi connectivity index (χ4n) is 4.09. The molecule has 6 N–H and O–H groups in total. The highest BCUT2D eigenvalue weighted by atomic mass is 32.2.